The molecular formula is C10H17N3O2. The normalized spacial score (nSPS) is 13.5. The molecule has 2 amide bonds. The Bertz CT molecular complexity index is 270. The Kier molecular flexibility index (Phi) is 6.11. The highest BCUT2D eigenvalue weighted by Gasteiger charge is 2.20. The Morgan fingerprint density at radius 1 is 1.40 bits per heavy atom. The van der Waals surface area contributed by atoms with E-state index in [1.807, 2.05) is 13.0 Å². The largest absolute Gasteiger partial charge is 0.357 e. The van der Waals surface area contributed by atoms with Crippen LogP contribution >= 0.6 is 0 Å². The standard InChI is InChI=1S/C10H17N3O2/c1-4-5-8(6-11)10(15)13-7(2)9(14)12-3/h7-8H,4-5H2,1-3H3,(H,12,14)(H,13,15). The molecule has 5 heteroatoms. The van der Waals surface area contributed by atoms with Gasteiger partial charge in [0.1, 0.15) is 12.0 Å². The maximum Gasteiger partial charge on any atom is 0.242 e. The van der Waals surface area contributed by atoms with E-state index in [1.165, 1.54) is 7.05 Å². The van der Waals surface area contributed by atoms with Crippen LogP contribution in [0.25, 0.3) is 0 Å². The van der Waals surface area contributed by atoms with Crippen molar-refractivity contribution in [3.05, 3.63) is 0 Å². The summed E-state index contributed by atoms with van der Waals surface area (Å²) >= 11 is 0. The third-order valence-corrected chi connectivity index (χ3v) is 2.05. The average Bonchev–Trinajstić information content (AvgIpc) is 2.24. The van der Waals surface area contributed by atoms with Crippen molar-refractivity contribution in [2.24, 2.45) is 5.92 Å². The van der Waals surface area contributed by atoms with Crippen LogP contribution in [-0.2, 0) is 9.59 Å². The van der Waals surface area contributed by atoms with Crippen molar-refractivity contribution < 1.29 is 9.59 Å². The molecule has 0 aliphatic carbocycles. The van der Waals surface area contributed by atoms with Gasteiger partial charge in [0.2, 0.25) is 11.8 Å². The fraction of sp³-hybridized carbons (Fsp3) is 0.700. The Hall–Kier alpha value is -1.57. The Balaban J connectivity index is 4.23. The van der Waals surface area contributed by atoms with Crippen molar-refractivity contribution in [1.82, 2.24) is 10.6 Å². The zero-order valence-corrected chi connectivity index (χ0v) is 9.33. The summed E-state index contributed by atoms with van der Waals surface area (Å²) in [7, 11) is 1.50. The van der Waals surface area contributed by atoms with E-state index in [0.29, 0.717) is 6.42 Å². The van der Waals surface area contributed by atoms with Gasteiger partial charge in [0.15, 0.2) is 0 Å². The van der Waals surface area contributed by atoms with Crippen molar-refractivity contribution in [2.75, 3.05) is 7.05 Å². The van der Waals surface area contributed by atoms with Crippen LogP contribution < -0.4 is 10.6 Å². The van der Waals surface area contributed by atoms with Crippen LogP contribution in [0, 0.1) is 17.2 Å². The predicted molar refractivity (Wildman–Crippen MR) is 55.7 cm³/mol. The molecule has 0 aliphatic heterocycles. The number of nitrogens with zero attached hydrogens (tertiary/aromatic N) is 1. The summed E-state index contributed by atoms with van der Waals surface area (Å²) in [6, 6.07) is 1.32. The minimum Gasteiger partial charge on any atom is -0.357 e. The van der Waals surface area contributed by atoms with E-state index < -0.39 is 12.0 Å². The third-order valence-electron chi connectivity index (χ3n) is 2.05. The molecule has 0 saturated heterocycles. The topological polar surface area (TPSA) is 82.0 Å². The van der Waals surface area contributed by atoms with Crippen molar-refractivity contribution in [3.8, 4) is 6.07 Å². The monoisotopic (exact) mass is 211 g/mol. The van der Waals surface area contributed by atoms with Gasteiger partial charge in [0.05, 0.1) is 6.07 Å². The summed E-state index contributed by atoms with van der Waals surface area (Å²) in [4.78, 5) is 22.6. The first-order valence-electron chi connectivity index (χ1n) is 4.98. The molecule has 0 heterocycles. The summed E-state index contributed by atoms with van der Waals surface area (Å²) in [5, 5.41) is 13.6. The first-order chi connectivity index (χ1) is 7.06. The molecule has 0 fully saturated rings. The van der Waals surface area contributed by atoms with E-state index in [0.717, 1.165) is 6.42 Å². The molecule has 2 atom stereocenters. The molecule has 0 saturated carbocycles. The SMILES string of the molecule is CCCC(C#N)C(=O)NC(C)C(=O)NC. The molecule has 0 radical (unpaired) electrons. The van der Waals surface area contributed by atoms with E-state index >= 15 is 0 Å². The molecule has 0 aromatic rings. The molecule has 0 aromatic carbocycles. The van der Waals surface area contributed by atoms with Crippen LogP contribution in [0.15, 0.2) is 0 Å². The van der Waals surface area contributed by atoms with E-state index in [4.69, 9.17) is 5.26 Å². The Labute approximate surface area is 89.8 Å². The number of hydrogen-bond acceptors (Lipinski definition) is 3. The number of nitrogens with one attached hydrogen (secondary N) is 2. The van der Waals surface area contributed by atoms with Crippen molar-refractivity contribution >= 4 is 11.8 Å². The lowest BCUT2D eigenvalue weighted by molar-refractivity contribution is -0.129. The summed E-state index contributed by atoms with van der Waals surface area (Å²) in [6.45, 7) is 3.48. The number of carbonyl (C=O) groups is 2. The van der Waals surface area contributed by atoms with Gasteiger partial charge in [-0.25, -0.2) is 0 Å². The van der Waals surface area contributed by atoms with Gasteiger partial charge >= 0.3 is 0 Å². The average molecular weight is 211 g/mol. The number of hydrogen-bond donors (Lipinski definition) is 2. The van der Waals surface area contributed by atoms with Gasteiger partial charge in [0, 0.05) is 7.05 Å². The Morgan fingerprint density at radius 3 is 2.40 bits per heavy atom. The van der Waals surface area contributed by atoms with Crippen LogP contribution in [0.4, 0.5) is 0 Å². The first kappa shape index (κ1) is 13.4. The summed E-state index contributed by atoms with van der Waals surface area (Å²) < 4.78 is 0. The number of likely N-dealkylation sites (N-methyl/N-ethyl adjacent to an activating group) is 1. The van der Waals surface area contributed by atoms with Crippen LogP contribution in [0.2, 0.25) is 0 Å². The second kappa shape index (κ2) is 6.82. The zero-order valence-electron chi connectivity index (χ0n) is 9.33. The minimum atomic E-state index is -0.665. The maximum absolute atomic E-state index is 11.5. The highest BCUT2D eigenvalue weighted by Crippen LogP contribution is 2.05. The fourth-order valence-corrected chi connectivity index (χ4v) is 1.14. The van der Waals surface area contributed by atoms with E-state index in [2.05, 4.69) is 10.6 Å². The quantitative estimate of drug-likeness (QED) is 0.680. The number of rotatable bonds is 5. The van der Waals surface area contributed by atoms with Crippen molar-refractivity contribution in [1.29, 1.82) is 5.26 Å². The lowest BCUT2D eigenvalue weighted by Gasteiger charge is -2.14. The third kappa shape index (κ3) is 4.45. The maximum atomic E-state index is 11.5. The summed E-state index contributed by atoms with van der Waals surface area (Å²) in [5.74, 6) is -1.31. The lowest BCUT2D eigenvalue weighted by atomic mass is 10.0. The smallest absolute Gasteiger partial charge is 0.242 e. The van der Waals surface area contributed by atoms with Gasteiger partial charge in [0.25, 0.3) is 0 Å². The zero-order chi connectivity index (χ0) is 11.8. The van der Waals surface area contributed by atoms with Gasteiger partial charge in [-0.05, 0) is 13.3 Å². The summed E-state index contributed by atoms with van der Waals surface area (Å²) in [6.07, 6.45) is 1.28. The number of amides is 2. The highest BCUT2D eigenvalue weighted by molar-refractivity contribution is 5.88. The van der Waals surface area contributed by atoms with Gasteiger partial charge < -0.3 is 10.6 Å². The minimum absolute atomic E-state index is 0.267. The molecule has 0 aliphatic rings. The van der Waals surface area contributed by atoms with Gasteiger partial charge in [-0.3, -0.25) is 9.59 Å². The van der Waals surface area contributed by atoms with Gasteiger partial charge in [-0.1, -0.05) is 13.3 Å². The molecule has 0 bridgehead atoms. The lowest BCUT2D eigenvalue weighted by Crippen LogP contribution is -2.45. The molecule has 2 unspecified atom stereocenters. The van der Waals surface area contributed by atoms with Gasteiger partial charge in [-0.2, -0.15) is 5.26 Å². The first-order valence-corrected chi connectivity index (χ1v) is 4.98. The summed E-state index contributed by atoms with van der Waals surface area (Å²) in [5.41, 5.74) is 0. The Morgan fingerprint density at radius 2 is 2.00 bits per heavy atom. The number of carbonyl (C=O) groups excluding carboxylic acids is 2. The fourth-order valence-electron chi connectivity index (χ4n) is 1.14. The molecule has 0 aromatic heterocycles. The molecule has 15 heavy (non-hydrogen) atoms. The van der Waals surface area contributed by atoms with E-state index in [1.54, 1.807) is 6.92 Å². The van der Waals surface area contributed by atoms with Crippen molar-refractivity contribution in [3.63, 3.8) is 0 Å². The predicted octanol–water partition coefficient (Wildman–Crippen LogP) is 0.177. The van der Waals surface area contributed by atoms with Crippen LogP contribution in [-0.4, -0.2) is 24.9 Å². The molecule has 2 N–H and O–H groups in total. The highest BCUT2D eigenvalue weighted by atomic mass is 16.2. The second-order valence-corrected chi connectivity index (χ2v) is 3.31. The van der Waals surface area contributed by atoms with Crippen LogP contribution in [0.3, 0.4) is 0 Å². The molecular weight excluding hydrogens is 194 g/mol. The van der Waals surface area contributed by atoms with Gasteiger partial charge in [-0.15, -0.1) is 0 Å². The van der Waals surface area contributed by atoms with E-state index in [9.17, 15) is 9.59 Å². The van der Waals surface area contributed by atoms with Crippen LogP contribution in [0.1, 0.15) is 26.7 Å². The van der Waals surface area contributed by atoms with Crippen LogP contribution in [0.5, 0.6) is 0 Å². The molecule has 0 spiro atoms. The second-order valence-electron chi connectivity index (χ2n) is 3.31. The molecule has 84 valence electrons. The van der Waals surface area contributed by atoms with E-state index in [-0.39, 0.29) is 11.8 Å². The molecule has 0 rings (SSSR count). The van der Waals surface area contributed by atoms with Crippen molar-refractivity contribution in [2.45, 2.75) is 32.7 Å². The number of nitriles is 1. The molecule has 5 nitrogen and oxygen atoms in total.